The first-order valence-corrected chi connectivity index (χ1v) is 10.3. The molecule has 0 amide bonds. The molecule has 0 radical (unpaired) electrons. The normalized spacial score (nSPS) is 40.6. The largest absolute Gasteiger partial charge is 0.462 e. The van der Waals surface area contributed by atoms with Gasteiger partial charge in [-0.25, -0.2) is 0 Å². The van der Waals surface area contributed by atoms with Gasteiger partial charge in [0.25, 0.3) is 0 Å². The minimum Gasteiger partial charge on any atom is -0.462 e. The van der Waals surface area contributed by atoms with Crippen LogP contribution in [0, 0.1) is 35.0 Å². The molecule has 0 aromatic heterocycles. The minimum atomic E-state index is -0.724. The summed E-state index contributed by atoms with van der Waals surface area (Å²) in [4.78, 5) is 25.5. The average molecular weight is 369 g/mol. The van der Waals surface area contributed by atoms with Crippen molar-refractivity contribution in [1.29, 1.82) is 0 Å². The Labute approximate surface area is 160 Å². The highest BCUT2D eigenvalue weighted by atomic mass is 16.5. The van der Waals surface area contributed by atoms with Gasteiger partial charge in [0, 0.05) is 17.3 Å². The quantitative estimate of drug-likeness (QED) is 0.686. The van der Waals surface area contributed by atoms with Gasteiger partial charge in [0.2, 0.25) is 0 Å². The molecule has 7 atom stereocenters. The highest BCUT2D eigenvalue weighted by molar-refractivity contribution is 5.82. The van der Waals surface area contributed by atoms with Crippen LogP contribution in [0.2, 0.25) is 0 Å². The van der Waals surface area contributed by atoms with Crippen LogP contribution in [0.5, 0.6) is 0 Å². The molecule has 0 aromatic rings. The molecule has 1 fully saturated rings. The van der Waals surface area contributed by atoms with E-state index < -0.39 is 12.0 Å². The first kappa shape index (κ1) is 23.1. The molecule has 1 aliphatic rings. The first-order chi connectivity index (χ1) is 11.9. The van der Waals surface area contributed by atoms with E-state index >= 15 is 0 Å². The van der Waals surface area contributed by atoms with Gasteiger partial charge < -0.3 is 9.84 Å². The standard InChI is InChI=1S/C22H40O4/c1-9-18-22(7,8)12-16(5)19(23)14(3)10-13(2)11-15(4)20(24)17(6)21(25)26-18/h13-18,20,24H,9-12H2,1-8H3/t13?,14-,15?,16-,17?,18?,20?/m1/s1. The van der Waals surface area contributed by atoms with E-state index in [1.165, 1.54) is 0 Å². The molecular weight excluding hydrogens is 328 g/mol. The van der Waals surface area contributed by atoms with Crippen LogP contribution in [0.3, 0.4) is 0 Å². The molecule has 1 N–H and O–H groups in total. The molecule has 0 bridgehead atoms. The summed E-state index contributed by atoms with van der Waals surface area (Å²) in [7, 11) is 0. The lowest BCUT2D eigenvalue weighted by atomic mass is 9.73. The van der Waals surface area contributed by atoms with Crippen molar-refractivity contribution in [2.24, 2.45) is 35.0 Å². The molecule has 1 aliphatic heterocycles. The molecule has 0 spiro atoms. The molecule has 0 aliphatic carbocycles. The molecule has 1 rings (SSSR count). The maximum absolute atomic E-state index is 12.8. The second-order valence-electron chi connectivity index (χ2n) is 9.56. The van der Waals surface area contributed by atoms with Gasteiger partial charge in [-0.05, 0) is 44.4 Å². The van der Waals surface area contributed by atoms with Gasteiger partial charge in [-0.3, -0.25) is 9.59 Å². The van der Waals surface area contributed by atoms with E-state index in [1.807, 2.05) is 27.7 Å². The van der Waals surface area contributed by atoms with Crippen LogP contribution in [0.4, 0.5) is 0 Å². The molecular formula is C22H40O4. The molecule has 4 heteroatoms. The highest BCUT2D eigenvalue weighted by Gasteiger charge is 2.38. The Hall–Kier alpha value is -0.900. The number of Topliss-reactive ketones (excluding diaryl/α,β-unsaturated/α-hetero) is 1. The summed E-state index contributed by atoms with van der Waals surface area (Å²) in [6.07, 6.45) is 2.05. The molecule has 0 aromatic carbocycles. The van der Waals surface area contributed by atoms with Gasteiger partial charge in [-0.2, -0.15) is 0 Å². The first-order valence-electron chi connectivity index (χ1n) is 10.3. The SMILES string of the molecule is CCC1OC(=O)C(C)C(O)C(C)CC(C)C[C@@H](C)C(=O)[C@H](C)CC1(C)C. The van der Waals surface area contributed by atoms with Crippen molar-refractivity contribution in [3.8, 4) is 0 Å². The Morgan fingerprint density at radius 2 is 1.62 bits per heavy atom. The minimum absolute atomic E-state index is 0.0108. The number of hydrogen-bond acceptors (Lipinski definition) is 4. The third kappa shape index (κ3) is 5.80. The molecule has 5 unspecified atom stereocenters. The number of cyclic esters (lactones) is 1. The lowest BCUT2D eigenvalue weighted by Crippen LogP contribution is -2.41. The topological polar surface area (TPSA) is 63.6 Å². The third-order valence-electron chi connectivity index (χ3n) is 6.30. The maximum atomic E-state index is 12.8. The number of hydrogen-bond donors (Lipinski definition) is 1. The zero-order valence-electron chi connectivity index (χ0n) is 18.0. The van der Waals surface area contributed by atoms with Crippen molar-refractivity contribution in [3.63, 3.8) is 0 Å². The lowest BCUT2D eigenvalue weighted by Gasteiger charge is -2.37. The van der Waals surface area contributed by atoms with E-state index in [2.05, 4.69) is 20.8 Å². The van der Waals surface area contributed by atoms with Gasteiger partial charge in [-0.1, -0.05) is 48.5 Å². The molecule has 0 saturated carbocycles. The summed E-state index contributed by atoms with van der Waals surface area (Å²) in [6, 6.07) is 0. The van der Waals surface area contributed by atoms with Crippen molar-refractivity contribution in [3.05, 3.63) is 0 Å². The van der Waals surface area contributed by atoms with Crippen molar-refractivity contribution < 1.29 is 19.4 Å². The summed E-state index contributed by atoms with van der Waals surface area (Å²) in [6.45, 7) is 16.0. The van der Waals surface area contributed by atoms with E-state index in [9.17, 15) is 14.7 Å². The zero-order valence-corrected chi connectivity index (χ0v) is 18.0. The fourth-order valence-electron chi connectivity index (χ4n) is 4.77. The number of ether oxygens (including phenoxy) is 1. The van der Waals surface area contributed by atoms with Crippen LogP contribution in [0.15, 0.2) is 0 Å². The van der Waals surface area contributed by atoms with E-state index in [0.29, 0.717) is 24.5 Å². The van der Waals surface area contributed by atoms with E-state index in [-0.39, 0.29) is 35.2 Å². The average Bonchev–Trinajstić information content (AvgIpc) is 2.55. The summed E-state index contributed by atoms with van der Waals surface area (Å²) >= 11 is 0. The monoisotopic (exact) mass is 368 g/mol. The lowest BCUT2D eigenvalue weighted by molar-refractivity contribution is -0.166. The Morgan fingerprint density at radius 1 is 1.04 bits per heavy atom. The molecule has 4 nitrogen and oxygen atoms in total. The molecule has 152 valence electrons. The van der Waals surface area contributed by atoms with Crippen molar-refractivity contribution in [1.82, 2.24) is 0 Å². The summed E-state index contributed by atoms with van der Waals surface area (Å²) in [5, 5.41) is 10.6. The van der Waals surface area contributed by atoms with Crippen LogP contribution < -0.4 is 0 Å². The van der Waals surface area contributed by atoms with Crippen LogP contribution in [0.25, 0.3) is 0 Å². The Morgan fingerprint density at radius 3 is 2.15 bits per heavy atom. The maximum Gasteiger partial charge on any atom is 0.311 e. The fraction of sp³-hybridized carbons (Fsp3) is 0.909. The predicted molar refractivity (Wildman–Crippen MR) is 105 cm³/mol. The Balaban J connectivity index is 3.15. The Bertz CT molecular complexity index is 485. The molecule has 1 heterocycles. The van der Waals surface area contributed by atoms with Gasteiger partial charge in [0.15, 0.2) is 0 Å². The number of carbonyl (C=O) groups excluding carboxylic acids is 2. The number of ketones is 1. The van der Waals surface area contributed by atoms with E-state index in [4.69, 9.17) is 4.74 Å². The smallest absolute Gasteiger partial charge is 0.311 e. The number of esters is 1. The summed E-state index contributed by atoms with van der Waals surface area (Å²) < 4.78 is 5.82. The number of carbonyl (C=O) groups is 2. The van der Waals surface area contributed by atoms with Gasteiger partial charge in [0.05, 0.1) is 12.0 Å². The van der Waals surface area contributed by atoms with Crippen LogP contribution in [0.1, 0.15) is 81.1 Å². The number of aliphatic hydroxyl groups excluding tert-OH is 1. The summed E-state index contributed by atoms with van der Waals surface area (Å²) in [5.41, 5.74) is -0.286. The van der Waals surface area contributed by atoms with Gasteiger partial charge in [-0.15, -0.1) is 0 Å². The van der Waals surface area contributed by atoms with Crippen molar-refractivity contribution in [2.45, 2.75) is 93.3 Å². The highest BCUT2D eigenvalue weighted by Crippen LogP contribution is 2.36. The van der Waals surface area contributed by atoms with Crippen molar-refractivity contribution in [2.75, 3.05) is 0 Å². The van der Waals surface area contributed by atoms with Crippen molar-refractivity contribution >= 4 is 11.8 Å². The van der Waals surface area contributed by atoms with Gasteiger partial charge >= 0.3 is 5.97 Å². The van der Waals surface area contributed by atoms with Crippen LogP contribution in [-0.2, 0) is 14.3 Å². The second-order valence-corrected chi connectivity index (χ2v) is 9.56. The summed E-state index contributed by atoms with van der Waals surface area (Å²) in [5.74, 6) is -0.296. The Kier molecular flexibility index (Phi) is 8.32. The zero-order chi connectivity index (χ0) is 20.2. The van der Waals surface area contributed by atoms with Crippen LogP contribution >= 0.6 is 0 Å². The van der Waals surface area contributed by atoms with Crippen LogP contribution in [-0.4, -0.2) is 29.1 Å². The predicted octanol–water partition coefficient (Wildman–Crippen LogP) is 4.63. The fourth-order valence-corrected chi connectivity index (χ4v) is 4.77. The van der Waals surface area contributed by atoms with E-state index in [0.717, 1.165) is 12.8 Å². The number of aliphatic hydroxyl groups is 1. The van der Waals surface area contributed by atoms with E-state index in [1.54, 1.807) is 6.92 Å². The molecule has 1 saturated heterocycles. The second kappa shape index (κ2) is 9.34. The van der Waals surface area contributed by atoms with Gasteiger partial charge in [0.1, 0.15) is 11.9 Å². The number of rotatable bonds is 1. The molecule has 26 heavy (non-hydrogen) atoms. The third-order valence-corrected chi connectivity index (χ3v) is 6.30.